The fraction of sp³-hybridized carbons (Fsp3) is 0.462. The van der Waals surface area contributed by atoms with E-state index in [1.807, 2.05) is 42.7 Å². The van der Waals surface area contributed by atoms with Crippen LogP contribution in [0.1, 0.15) is 50.9 Å². The molecule has 0 radical (unpaired) electrons. The second kappa shape index (κ2) is 11.6. The molecule has 0 unspecified atom stereocenters. The molecule has 36 heavy (non-hydrogen) atoms. The Bertz CT molecular complexity index is 1270. The smallest absolute Gasteiger partial charge is 0.328 e. The second-order valence-electron chi connectivity index (χ2n) is 10.2. The van der Waals surface area contributed by atoms with Crippen LogP contribution in [0.15, 0.2) is 46.9 Å². The predicted molar refractivity (Wildman–Crippen MR) is 144 cm³/mol. The Labute approximate surface area is 218 Å². The van der Waals surface area contributed by atoms with Crippen molar-refractivity contribution in [1.29, 1.82) is 0 Å². The highest BCUT2D eigenvalue weighted by atomic mass is 32.2. The molecule has 0 fully saturated rings. The standard InChI is InChI=1S/C26H36N4O4S2/c1-18(2)15-21-16-22(23(35-21)36(32,33)29-25(31)28-12-14-34-6)20-9-7-19(8-10-20)17-30-13-11-27-24(30)26(3,4)5/h7-11,13,16,18H,12,14-15,17H2,1-6H3,(H2,28,29,31). The summed E-state index contributed by atoms with van der Waals surface area (Å²) < 4.78 is 35.6. The normalized spacial score (nSPS) is 12.2. The minimum absolute atomic E-state index is 0.0704. The summed E-state index contributed by atoms with van der Waals surface area (Å²) in [6.07, 6.45) is 4.53. The number of aromatic nitrogens is 2. The maximum atomic E-state index is 13.2. The van der Waals surface area contributed by atoms with Crippen LogP contribution < -0.4 is 10.0 Å². The molecule has 0 spiro atoms. The fourth-order valence-corrected chi connectivity index (χ4v) is 6.74. The summed E-state index contributed by atoms with van der Waals surface area (Å²) >= 11 is 1.21. The zero-order valence-electron chi connectivity index (χ0n) is 21.8. The Morgan fingerprint density at radius 2 is 1.89 bits per heavy atom. The van der Waals surface area contributed by atoms with Crippen molar-refractivity contribution in [2.75, 3.05) is 20.3 Å². The molecule has 3 aromatic rings. The fourth-order valence-electron chi connectivity index (χ4n) is 3.87. The molecule has 0 saturated heterocycles. The number of nitrogens with one attached hydrogen (secondary N) is 2. The first-order chi connectivity index (χ1) is 16.9. The van der Waals surface area contributed by atoms with Crippen molar-refractivity contribution in [2.24, 2.45) is 5.92 Å². The first-order valence-corrected chi connectivity index (χ1v) is 14.2. The number of hydrogen-bond acceptors (Lipinski definition) is 6. The molecule has 0 aliphatic rings. The maximum absolute atomic E-state index is 13.2. The molecule has 0 aliphatic carbocycles. The molecule has 2 aromatic heterocycles. The SMILES string of the molecule is COCCNC(=O)NS(=O)(=O)c1sc(CC(C)C)cc1-c1ccc(Cn2ccnc2C(C)(C)C)cc1. The lowest BCUT2D eigenvalue weighted by Gasteiger charge is -2.20. The van der Waals surface area contributed by atoms with Gasteiger partial charge in [0.15, 0.2) is 0 Å². The molecule has 10 heteroatoms. The molecular weight excluding hydrogens is 496 g/mol. The van der Waals surface area contributed by atoms with Gasteiger partial charge < -0.3 is 14.6 Å². The Morgan fingerprint density at radius 3 is 2.50 bits per heavy atom. The van der Waals surface area contributed by atoms with Crippen LogP contribution in [0.25, 0.3) is 11.1 Å². The van der Waals surface area contributed by atoms with E-state index in [1.165, 1.54) is 18.4 Å². The summed E-state index contributed by atoms with van der Waals surface area (Å²) in [7, 11) is -2.55. The molecule has 0 bridgehead atoms. The zero-order valence-corrected chi connectivity index (χ0v) is 23.4. The number of imidazole rings is 1. The maximum Gasteiger partial charge on any atom is 0.328 e. The Hall–Kier alpha value is -2.69. The van der Waals surface area contributed by atoms with Crippen molar-refractivity contribution in [3.05, 3.63) is 59.0 Å². The molecule has 0 atom stereocenters. The van der Waals surface area contributed by atoms with E-state index in [0.717, 1.165) is 28.2 Å². The van der Waals surface area contributed by atoms with Crippen molar-refractivity contribution < 1.29 is 17.9 Å². The molecule has 3 rings (SSSR count). The van der Waals surface area contributed by atoms with Gasteiger partial charge in [-0.25, -0.2) is 22.9 Å². The number of benzene rings is 1. The van der Waals surface area contributed by atoms with E-state index in [-0.39, 0.29) is 16.2 Å². The lowest BCUT2D eigenvalue weighted by Crippen LogP contribution is -2.40. The summed E-state index contributed by atoms with van der Waals surface area (Å²) in [5.41, 5.74) is 2.39. The summed E-state index contributed by atoms with van der Waals surface area (Å²) in [5, 5.41) is 2.49. The van der Waals surface area contributed by atoms with Gasteiger partial charge in [0.1, 0.15) is 10.0 Å². The number of carbonyl (C=O) groups is 1. The highest BCUT2D eigenvalue weighted by Crippen LogP contribution is 2.36. The third-order valence-electron chi connectivity index (χ3n) is 5.43. The van der Waals surface area contributed by atoms with Crippen LogP contribution in [-0.4, -0.2) is 44.3 Å². The van der Waals surface area contributed by atoms with Crippen molar-refractivity contribution >= 4 is 27.4 Å². The van der Waals surface area contributed by atoms with Gasteiger partial charge in [-0.05, 0) is 29.5 Å². The monoisotopic (exact) mass is 532 g/mol. The Morgan fingerprint density at radius 1 is 1.19 bits per heavy atom. The summed E-state index contributed by atoms with van der Waals surface area (Å²) in [4.78, 5) is 17.6. The van der Waals surface area contributed by atoms with Crippen LogP contribution in [0.4, 0.5) is 4.79 Å². The van der Waals surface area contributed by atoms with Gasteiger partial charge in [0.05, 0.1) is 6.61 Å². The number of methoxy groups -OCH3 is 1. The van der Waals surface area contributed by atoms with Crippen LogP contribution in [0, 0.1) is 5.92 Å². The molecule has 2 N–H and O–H groups in total. The molecule has 1 aromatic carbocycles. The third kappa shape index (κ3) is 7.18. The summed E-state index contributed by atoms with van der Waals surface area (Å²) in [5.74, 6) is 1.37. The quantitative estimate of drug-likeness (QED) is 0.366. The average molecular weight is 533 g/mol. The summed E-state index contributed by atoms with van der Waals surface area (Å²) in [6, 6.07) is 9.02. The number of nitrogens with zero attached hydrogens (tertiary/aromatic N) is 2. The molecule has 0 aliphatic heterocycles. The minimum Gasteiger partial charge on any atom is -0.383 e. The molecule has 196 valence electrons. The van der Waals surface area contributed by atoms with Crippen molar-refractivity contribution in [2.45, 2.75) is 57.2 Å². The van der Waals surface area contributed by atoms with Crippen molar-refractivity contribution in [3.63, 3.8) is 0 Å². The number of ether oxygens (including phenoxy) is 1. The van der Waals surface area contributed by atoms with E-state index in [2.05, 4.69) is 54.2 Å². The van der Waals surface area contributed by atoms with Gasteiger partial charge in [-0.2, -0.15) is 0 Å². The second-order valence-corrected chi connectivity index (χ2v) is 13.2. The van der Waals surface area contributed by atoms with Crippen molar-refractivity contribution in [3.8, 4) is 11.1 Å². The Balaban J connectivity index is 1.89. The van der Waals surface area contributed by atoms with Crippen LogP contribution in [0.3, 0.4) is 0 Å². The number of sulfonamides is 1. The lowest BCUT2D eigenvalue weighted by atomic mass is 9.95. The van der Waals surface area contributed by atoms with E-state index < -0.39 is 16.1 Å². The highest BCUT2D eigenvalue weighted by molar-refractivity contribution is 7.92. The predicted octanol–water partition coefficient (Wildman–Crippen LogP) is 4.79. The van der Waals surface area contributed by atoms with Gasteiger partial charge in [0.2, 0.25) is 0 Å². The van der Waals surface area contributed by atoms with E-state index in [9.17, 15) is 13.2 Å². The number of thiophene rings is 1. The van der Waals surface area contributed by atoms with E-state index in [1.54, 1.807) is 0 Å². The van der Waals surface area contributed by atoms with E-state index in [4.69, 9.17) is 4.74 Å². The highest BCUT2D eigenvalue weighted by Gasteiger charge is 2.26. The minimum atomic E-state index is -4.06. The Kier molecular flexibility index (Phi) is 8.97. The first-order valence-electron chi connectivity index (χ1n) is 11.9. The van der Waals surface area contributed by atoms with Gasteiger partial charge in [-0.3, -0.25) is 0 Å². The largest absolute Gasteiger partial charge is 0.383 e. The van der Waals surface area contributed by atoms with Gasteiger partial charge in [-0.1, -0.05) is 58.9 Å². The van der Waals surface area contributed by atoms with Gasteiger partial charge in [0.25, 0.3) is 10.0 Å². The number of urea groups is 1. The van der Waals surface area contributed by atoms with Crippen LogP contribution in [0.5, 0.6) is 0 Å². The third-order valence-corrected chi connectivity index (χ3v) is 8.45. The van der Waals surface area contributed by atoms with Crippen LogP contribution >= 0.6 is 11.3 Å². The van der Waals surface area contributed by atoms with E-state index >= 15 is 0 Å². The van der Waals surface area contributed by atoms with Crippen LogP contribution in [0.2, 0.25) is 0 Å². The topological polar surface area (TPSA) is 102 Å². The zero-order chi connectivity index (χ0) is 26.5. The van der Waals surface area contributed by atoms with E-state index in [0.29, 0.717) is 24.6 Å². The molecule has 8 nitrogen and oxygen atoms in total. The molecule has 0 saturated carbocycles. The van der Waals surface area contributed by atoms with Gasteiger partial charge in [-0.15, -0.1) is 11.3 Å². The first kappa shape index (κ1) is 27.9. The molecule has 2 amide bonds. The van der Waals surface area contributed by atoms with Crippen molar-refractivity contribution in [1.82, 2.24) is 19.6 Å². The molecular formula is C26H36N4O4S2. The van der Waals surface area contributed by atoms with Gasteiger partial charge in [0, 0.05) is 48.4 Å². The number of hydrogen-bond donors (Lipinski definition) is 2. The number of amides is 2. The number of rotatable bonds is 10. The number of carbonyl (C=O) groups excluding carboxylic acids is 1. The average Bonchev–Trinajstić information content (AvgIpc) is 3.41. The van der Waals surface area contributed by atoms with Crippen LogP contribution in [-0.2, 0) is 33.1 Å². The summed E-state index contributed by atoms with van der Waals surface area (Å²) in [6.45, 7) is 11.7. The van der Waals surface area contributed by atoms with Gasteiger partial charge >= 0.3 is 6.03 Å². The molecule has 2 heterocycles. The lowest BCUT2D eigenvalue weighted by molar-refractivity contribution is 0.197.